The van der Waals surface area contributed by atoms with E-state index in [9.17, 15) is 18.5 Å². The van der Waals surface area contributed by atoms with Gasteiger partial charge in [-0.2, -0.15) is 0 Å². The first kappa shape index (κ1) is 14.1. The van der Waals surface area contributed by atoms with Crippen molar-refractivity contribution in [2.75, 3.05) is 10.5 Å². The van der Waals surface area contributed by atoms with Gasteiger partial charge in [-0.05, 0) is 19.1 Å². The topological polar surface area (TPSA) is 141 Å². The molecule has 3 N–H and O–H groups in total. The Hall–Kier alpha value is -2.27. The summed E-state index contributed by atoms with van der Waals surface area (Å²) in [6.45, 7) is 1.68. The normalized spacial score (nSPS) is 11.2. The number of aromatic nitrogens is 2. The molecule has 0 aliphatic heterocycles. The molecule has 1 aromatic carbocycles. The Morgan fingerprint density at radius 2 is 2.10 bits per heavy atom. The molecule has 1 aromatic heterocycles. The van der Waals surface area contributed by atoms with E-state index < -0.39 is 14.9 Å². The van der Waals surface area contributed by atoms with Crippen LogP contribution in [0.3, 0.4) is 0 Å². The average molecular weight is 315 g/mol. The molecule has 1 heterocycles. The van der Waals surface area contributed by atoms with Gasteiger partial charge in [0.1, 0.15) is 10.7 Å². The molecule has 0 atom stereocenters. The van der Waals surface area contributed by atoms with Gasteiger partial charge in [0.25, 0.3) is 15.7 Å². The number of nitrogens with zero attached hydrogens (tertiary/aromatic N) is 3. The van der Waals surface area contributed by atoms with E-state index >= 15 is 0 Å². The van der Waals surface area contributed by atoms with Crippen molar-refractivity contribution in [2.45, 2.75) is 11.8 Å². The fourth-order valence-electron chi connectivity index (χ4n) is 1.38. The minimum absolute atomic E-state index is 0.111. The summed E-state index contributed by atoms with van der Waals surface area (Å²) in [5, 5.41) is 18.6. The van der Waals surface area contributed by atoms with E-state index in [1.807, 2.05) is 0 Å². The molecular weight excluding hydrogens is 306 g/mol. The first-order chi connectivity index (χ1) is 9.29. The molecule has 20 heavy (non-hydrogen) atoms. The van der Waals surface area contributed by atoms with Crippen LogP contribution in [0.2, 0.25) is 0 Å². The predicted octanol–water partition coefficient (Wildman–Crippen LogP) is 1.14. The summed E-state index contributed by atoms with van der Waals surface area (Å²) in [7, 11) is -3.91. The molecular formula is C9H9N5O4S2. The van der Waals surface area contributed by atoms with Gasteiger partial charge in [-0.25, -0.2) is 8.42 Å². The van der Waals surface area contributed by atoms with Gasteiger partial charge in [-0.15, -0.1) is 10.2 Å². The number of nitrogens with two attached hydrogens (primary N) is 1. The molecule has 0 fully saturated rings. The Morgan fingerprint density at radius 1 is 1.40 bits per heavy atom. The van der Waals surface area contributed by atoms with Crippen LogP contribution >= 0.6 is 11.3 Å². The summed E-state index contributed by atoms with van der Waals surface area (Å²) in [4.78, 5) is 9.75. The average Bonchev–Trinajstić information content (AvgIpc) is 2.73. The zero-order chi connectivity index (χ0) is 14.9. The van der Waals surface area contributed by atoms with Crippen molar-refractivity contribution in [1.82, 2.24) is 10.2 Å². The van der Waals surface area contributed by atoms with Gasteiger partial charge in [0.2, 0.25) is 5.13 Å². The van der Waals surface area contributed by atoms with Crippen LogP contribution in [0.25, 0.3) is 0 Å². The van der Waals surface area contributed by atoms with Gasteiger partial charge in [-0.3, -0.25) is 14.8 Å². The van der Waals surface area contributed by atoms with Crippen molar-refractivity contribution in [1.29, 1.82) is 0 Å². The van der Waals surface area contributed by atoms with Gasteiger partial charge in [0.15, 0.2) is 0 Å². The lowest BCUT2D eigenvalue weighted by molar-refractivity contribution is -0.383. The van der Waals surface area contributed by atoms with Crippen LogP contribution in [0.5, 0.6) is 0 Å². The zero-order valence-corrected chi connectivity index (χ0v) is 11.7. The molecule has 2 rings (SSSR count). The third-order valence-corrected chi connectivity index (χ3v) is 4.47. The quantitative estimate of drug-likeness (QED) is 0.489. The number of anilines is 2. The molecule has 2 aromatic rings. The van der Waals surface area contributed by atoms with E-state index in [2.05, 4.69) is 14.9 Å². The van der Waals surface area contributed by atoms with Crippen LogP contribution in [-0.2, 0) is 10.0 Å². The van der Waals surface area contributed by atoms with Crippen LogP contribution in [0.15, 0.2) is 23.1 Å². The first-order valence-electron chi connectivity index (χ1n) is 5.16. The van der Waals surface area contributed by atoms with E-state index in [1.54, 1.807) is 6.92 Å². The number of nitrogen functional groups attached to an aromatic ring is 1. The third-order valence-electron chi connectivity index (χ3n) is 2.25. The Balaban J connectivity index is 2.35. The first-order valence-corrected chi connectivity index (χ1v) is 7.46. The molecule has 9 nitrogen and oxygen atoms in total. The van der Waals surface area contributed by atoms with Crippen molar-refractivity contribution in [2.24, 2.45) is 0 Å². The van der Waals surface area contributed by atoms with E-state index in [0.29, 0.717) is 5.01 Å². The largest absolute Gasteiger partial charge is 0.393 e. The molecule has 0 aliphatic rings. The van der Waals surface area contributed by atoms with Crippen molar-refractivity contribution >= 4 is 37.9 Å². The molecule has 106 valence electrons. The number of hydrogen-bond acceptors (Lipinski definition) is 8. The maximum Gasteiger partial charge on any atom is 0.292 e. The maximum absolute atomic E-state index is 12.0. The van der Waals surface area contributed by atoms with E-state index in [4.69, 9.17) is 5.73 Å². The Bertz CT molecular complexity index is 770. The lowest BCUT2D eigenvalue weighted by Gasteiger charge is -2.05. The molecule has 0 radical (unpaired) electrons. The molecule has 0 unspecified atom stereocenters. The number of aryl methyl sites for hydroxylation is 1. The smallest absolute Gasteiger partial charge is 0.292 e. The molecule has 0 saturated carbocycles. The second kappa shape index (κ2) is 5.02. The van der Waals surface area contributed by atoms with Crippen LogP contribution in [0.4, 0.5) is 16.5 Å². The molecule has 0 bridgehead atoms. The lowest BCUT2D eigenvalue weighted by Crippen LogP contribution is -2.13. The standard InChI is InChI=1S/C9H9N5O4S2/c1-5-11-12-9(19-5)13-20(17,18)6-2-3-8(14(15)16)7(10)4-6/h2-4H,10H2,1H3,(H,12,13). The fraction of sp³-hybridized carbons (Fsp3) is 0.111. The van der Waals surface area contributed by atoms with Crippen molar-refractivity contribution in [3.05, 3.63) is 33.3 Å². The van der Waals surface area contributed by atoms with Crippen LogP contribution in [0.1, 0.15) is 5.01 Å². The predicted molar refractivity (Wildman–Crippen MR) is 73.0 cm³/mol. The third kappa shape index (κ3) is 2.83. The maximum atomic E-state index is 12.0. The SMILES string of the molecule is Cc1nnc(NS(=O)(=O)c2ccc([N+](=O)[O-])c(N)c2)s1. The van der Waals surface area contributed by atoms with E-state index in [-0.39, 0.29) is 21.4 Å². The Labute approximate surface area is 117 Å². The summed E-state index contributed by atoms with van der Waals surface area (Å²) in [5.74, 6) is 0. The van der Waals surface area contributed by atoms with E-state index in [1.165, 1.54) is 0 Å². The number of nitrogens with one attached hydrogen (secondary N) is 1. The van der Waals surface area contributed by atoms with E-state index in [0.717, 1.165) is 29.5 Å². The highest BCUT2D eigenvalue weighted by Gasteiger charge is 2.20. The number of rotatable bonds is 4. The van der Waals surface area contributed by atoms with Gasteiger partial charge < -0.3 is 5.73 Å². The highest BCUT2D eigenvalue weighted by molar-refractivity contribution is 7.93. The number of hydrogen-bond donors (Lipinski definition) is 2. The summed E-state index contributed by atoms with van der Waals surface area (Å²) in [6.07, 6.45) is 0. The second-order valence-corrected chi connectivity index (χ2v) is 6.57. The van der Waals surface area contributed by atoms with Crippen LogP contribution in [0, 0.1) is 17.0 Å². The molecule has 0 saturated heterocycles. The minimum Gasteiger partial charge on any atom is -0.393 e. The van der Waals surface area contributed by atoms with Gasteiger partial charge in [0.05, 0.1) is 9.82 Å². The number of nitro groups is 1. The fourth-order valence-corrected chi connectivity index (χ4v) is 3.23. The molecule has 0 spiro atoms. The van der Waals surface area contributed by atoms with Crippen molar-refractivity contribution < 1.29 is 13.3 Å². The Kier molecular flexibility index (Phi) is 3.55. The summed E-state index contributed by atoms with van der Waals surface area (Å²) in [5.41, 5.74) is 4.88. The number of sulfonamides is 1. The molecule has 0 amide bonds. The van der Waals surface area contributed by atoms with Gasteiger partial charge in [0, 0.05) is 6.07 Å². The highest BCUT2D eigenvalue weighted by atomic mass is 32.2. The summed E-state index contributed by atoms with van der Waals surface area (Å²) < 4.78 is 26.3. The van der Waals surface area contributed by atoms with Crippen LogP contribution in [-0.4, -0.2) is 23.5 Å². The molecule has 11 heteroatoms. The minimum atomic E-state index is -3.91. The summed E-state index contributed by atoms with van der Waals surface area (Å²) >= 11 is 1.07. The van der Waals surface area contributed by atoms with Crippen LogP contribution < -0.4 is 10.5 Å². The zero-order valence-electron chi connectivity index (χ0n) is 10.1. The summed E-state index contributed by atoms with van der Waals surface area (Å²) in [6, 6.07) is 3.16. The highest BCUT2D eigenvalue weighted by Crippen LogP contribution is 2.26. The van der Waals surface area contributed by atoms with Gasteiger partial charge >= 0.3 is 0 Å². The van der Waals surface area contributed by atoms with Crippen molar-refractivity contribution in [3.8, 4) is 0 Å². The Morgan fingerprint density at radius 3 is 2.60 bits per heavy atom. The number of benzene rings is 1. The second-order valence-electron chi connectivity index (χ2n) is 3.71. The van der Waals surface area contributed by atoms with Gasteiger partial charge in [-0.1, -0.05) is 11.3 Å². The molecule has 0 aliphatic carbocycles. The van der Waals surface area contributed by atoms with Crippen molar-refractivity contribution in [3.63, 3.8) is 0 Å². The monoisotopic (exact) mass is 315 g/mol. The number of nitro benzene ring substituents is 1. The lowest BCUT2D eigenvalue weighted by atomic mass is 10.3.